The molecule has 2 aliphatic rings. The third-order valence-electron chi connectivity index (χ3n) is 8.63. The fourth-order valence-electron chi connectivity index (χ4n) is 6.13. The van der Waals surface area contributed by atoms with Crippen molar-refractivity contribution in [3.63, 3.8) is 0 Å². The van der Waals surface area contributed by atoms with Crippen molar-refractivity contribution in [3.8, 4) is 11.5 Å². The minimum absolute atomic E-state index is 0.0385. The van der Waals surface area contributed by atoms with Gasteiger partial charge in [-0.2, -0.15) is 18.3 Å². The van der Waals surface area contributed by atoms with E-state index in [2.05, 4.69) is 20.4 Å². The molecule has 248 valence electrons. The Balaban J connectivity index is 1.20. The Morgan fingerprint density at radius 3 is 2.64 bits per heavy atom. The van der Waals surface area contributed by atoms with Gasteiger partial charge >= 0.3 is 6.18 Å². The second-order valence-corrected chi connectivity index (χ2v) is 12.2. The molecule has 3 aromatic heterocycles. The zero-order valence-electron chi connectivity index (χ0n) is 26.5. The van der Waals surface area contributed by atoms with E-state index in [1.165, 1.54) is 27.9 Å². The maximum atomic E-state index is 14.1. The number of halogens is 3. The van der Waals surface area contributed by atoms with E-state index >= 15 is 0 Å². The molecule has 2 amide bonds. The summed E-state index contributed by atoms with van der Waals surface area (Å²) in [6.07, 6.45) is 0.741. The minimum atomic E-state index is -4.53. The molecule has 0 aliphatic carbocycles. The number of nitrogens with zero attached hydrogens (tertiary/aromatic N) is 7. The molecule has 0 unspecified atom stereocenters. The largest absolute Gasteiger partial charge is 0.452 e. The molecule has 0 radical (unpaired) electrons. The lowest BCUT2D eigenvalue weighted by molar-refractivity contribution is -0.138. The zero-order valence-corrected chi connectivity index (χ0v) is 26.5. The van der Waals surface area contributed by atoms with Gasteiger partial charge in [0.05, 0.1) is 36.3 Å². The lowest BCUT2D eigenvalue weighted by Crippen LogP contribution is -2.43. The number of hydrogen-bond donors (Lipinski definition) is 1. The molecule has 47 heavy (non-hydrogen) atoms. The Labute approximate surface area is 270 Å². The number of benzene rings is 1. The number of nitrogens with one attached hydrogen (secondary N) is 1. The first-order valence-electron chi connectivity index (χ1n) is 15.6. The Morgan fingerprint density at radius 2 is 1.91 bits per heavy atom. The third-order valence-corrected chi connectivity index (χ3v) is 8.63. The number of aromatic nitrogens is 4. The van der Waals surface area contributed by atoms with Crippen LogP contribution in [0, 0.1) is 0 Å². The number of imidazole rings is 1. The van der Waals surface area contributed by atoms with Crippen molar-refractivity contribution in [1.29, 1.82) is 0 Å². The molecule has 6 rings (SSSR count). The van der Waals surface area contributed by atoms with E-state index < -0.39 is 11.7 Å². The van der Waals surface area contributed by atoms with Crippen LogP contribution in [0.5, 0.6) is 11.5 Å². The minimum Gasteiger partial charge on any atom is -0.452 e. The first-order valence-corrected chi connectivity index (χ1v) is 15.6. The van der Waals surface area contributed by atoms with E-state index in [1.807, 2.05) is 17.9 Å². The van der Waals surface area contributed by atoms with Crippen molar-refractivity contribution in [2.45, 2.75) is 44.9 Å². The van der Waals surface area contributed by atoms with Crippen molar-refractivity contribution in [3.05, 3.63) is 82.6 Å². The Kier molecular flexibility index (Phi) is 9.15. The highest BCUT2D eigenvalue weighted by atomic mass is 19.4. The summed E-state index contributed by atoms with van der Waals surface area (Å²) in [5, 5.41) is 7.44. The monoisotopic (exact) mass is 650 g/mol. The molecular weight excluding hydrogens is 613 g/mol. The number of carbonyl (C=O) groups is 2. The van der Waals surface area contributed by atoms with E-state index in [-0.39, 0.29) is 48.5 Å². The summed E-state index contributed by atoms with van der Waals surface area (Å²) in [6, 6.07) is 7.73. The molecule has 1 saturated heterocycles. The summed E-state index contributed by atoms with van der Waals surface area (Å²) in [5.41, 5.74) is 2.09. The number of carbonyl (C=O) groups excluding carboxylic acids is 2. The van der Waals surface area contributed by atoms with Crippen molar-refractivity contribution in [1.82, 2.24) is 39.6 Å². The van der Waals surface area contributed by atoms with Gasteiger partial charge in [-0.15, -0.1) is 0 Å². The molecule has 11 nitrogen and oxygen atoms in total. The summed E-state index contributed by atoms with van der Waals surface area (Å²) in [5.74, 6) is 0.224. The van der Waals surface area contributed by atoms with Crippen molar-refractivity contribution in [2.75, 3.05) is 46.8 Å². The normalized spacial score (nSPS) is 17.1. The summed E-state index contributed by atoms with van der Waals surface area (Å²) in [7, 11) is 3.27. The predicted molar refractivity (Wildman–Crippen MR) is 167 cm³/mol. The summed E-state index contributed by atoms with van der Waals surface area (Å²) in [6.45, 7) is 5.75. The van der Waals surface area contributed by atoms with Crippen LogP contribution in [0.1, 0.15) is 57.7 Å². The quantitative estimate of drug-likeness (QED) is 0.304. The Morgan fingerprint density at radius 1 is 1.13 bits per heavy atom. The molecule has 1 atom stereocenters. The van der Waals surface area contributed by atoms with Crippen LogP contribution in [0.3, 0.4) is 0 Å². The first kappa shape index (κ1) is 32.4. The maximum absolute atomic E-state index is 14.1. The molecule has 0 spiro atoms. The molecule has 1 N–H and O–H groups in total. The van der Waals surface area contributed by atoms with Crippen LogP contribution in [0.25, 0.3) is 5.65 Å². The van der Waals surface area contributed by atoms with E-state index in [0.29, 0.717) is 42.3 Å². The van der Waals surface area contributed by atoms with Gasteiger partial charge in [0.25, 0.3) is 5.91 Å². The summed E-state index contributed by atoms with van der Waals surface area (Å²) in [4.78, 5) is 40.2. The van der Waals surface area contributed by atoms with Crippen LogP contribution < -0.4 is 10.1 Å². The predicted octanol–water partition coefficient (Wildman–Crippen LogP) is 4.12. The number of pyridine rings is 1. The lowest BCUT2D eigenvalue weighted by Gasteiger charge is -2.34. The highest BCUT2D eigenvalue weighted by molar-refractivity contribution is 5.92. The van der Waals surface area contributed by atoms with Crippen LogP contribution in [0.15, 0.2) is 48.9 Å². The molecular formula is C33H37F3N8O3. The van der Waals surface area contributed by atoms with Gasteiger partial charge in [-0.1, -0.05) is 19.1 Å². The van der Waals surface area contributed by atoms with Crippen molar-refractivity contribution >= 4 is 17.5 Å². The van der Waals surface area contributed by atoms with Gasteiger partial charge < -0.3 is 19.9 Å². The number of rotatable bonds is 8. The van der Waals surface area contributed by atoms with Gasteiger partial charge in [-0.05, 0) is 35.2 Å². The number of alkyl halides is 3. The standard InChI is InChI=1S/C33H37F3N8O3/c1-4-22-18-43(29(45)14-21-5-6-23(26(13-21)33(34,35)36)17-42-11-9-37-10-12-42)19-24-15-25(16-38-30(22)24)47-28-7-8-39-44-20-27(40-31(28)44)32(46)41(2)3/h5-8,13,15-16,20,22,37H,4,9-12,14,17-19H2,1-3H3/t22-/m0/s1. The molecule has 1 fully saturated rings. The Hall–Kier alpha value is -4.56. The number of piperazine rings is 1. The van der Waals surface area contributed by atoms with Gasteiger partial charge in [0.15, 0.2) is 11.4 Å². The van der Waals surface area contributed by atoms with E-state index in [1.54, 1.807) is 37.3 Å². The summed E-state index contributed by atoms with van der Waals surface area (Å²) >= 11 is 0. The fraction of sp³-hybridized carbons (Fsp3) is 0.424. The van der Waals surface area contributed by atoms with Crippen LogP contribution in [-0.2, 0) is 30.5 Å². The van der Waals surface area contributed by atoms with Gasteiger partial charge in [0.2, 0.25) is 5.91 Å². The second kappa shape index (κ2) is 13.3. The van der Waals surface area contributed by atoms with Crippen LogP contribution in [-0.4, -0.2) is 92.9 Å². The average molecular weight is 651 g/mol. The van der Waals surface area contributed by atoms with Crippen LogP contribution in [0.2, 0.25) is 0 Å². The molecule has 14 heteroatoms. The molecule has 5 heterocycles. The smallest absolute Gasteiger partial charge is 0.416 e. The van der Waals surface area contributed by atoms with Gasteiger partial charge in [0.1, 0.15) is 11.4 Å². The topological polar surface area (TPSA) is 108 Å². The number of amides is 2. The average Bonchev–Trinajstić information content (AvgIpc) is 3.50. The lowest BCUT2D eigenvalue weighted by atomic mass is 9.92. The zero-order chi connectivity index (χ0) is 33.3. The van der Waals surface area contributed by atoms with Crippen LogP contribution in [0.4, 0.5) is 13.2 Å². The highest BCUT2D eigenvalue weighted by Gasteiger charge is 2.35. The Bertz CT molecular complexity index is 1780. The maximum Gasteiger partial charge on any atom is 0.416 e. The second-order valence-electron chi connectivity index (χ2n) is 12.2. The molecule has 4 aromatic rings. The SMILES string of the molecule is CC[C@H]1CN(C(=O)Cc2ccc(CN3CCNCC3)c(C(F)(F)F)c2)Cc2cc(Oc3ccnn4cc(C(=O)N(C)C)nc34)cnc21. The third kappa shape index (κ3) is 7.08. The number of fused-ring (bicyclic) bond motifs is 2. The van der Waals surface area contributed by atoms with Gasteiger partial charge in [0, 0.05) is 71.9 Å². The molecule has 0 saturated carbocycles. The van der Waals surface area contributed by atoms with Crippen LogP contribution >= 0.6 is 0 Å². The first-order chi connectivity index (χ1) is 22.5. The van der Waals surface area contributed by atoms with Crippen molar-refractivity contribution in [2.24, 2.45) is 0 Å². The van der Waals surface area contributed by atoms with Gasteiger partial charge in [-0.25, -0.2) is 9.50 Å². The van der Waals surface area contributed by atoms with E-state index in [0.717, 1.165) is 36.8 Å². The van der Waals surface area contributed by atoms with Gasteiger partial charge in [-0.3, -0.25) is 19.5 Å². The van der Waals surface area contributed by atoms with Crippen molar-refractivity contribution < 1.29 is 27.5 Å². The molecule has 2 aliphatic heterocycles. The van der Waals surface area contributed by atoms with E-state index in [9.17, 15) is 22.8 Å². The fourth-order valence-corrected chi connectivity index (χ4v) is 6.13. The molecule has 0 bridgehead atoms. The summed E-state index contributed by atoms with van der Waals surface area (Å²) < 4.78 is 50.0. The molecule has 1 aromatic carbocycles. The van der Waals surface area contributed by atoms with E-state index in [4.69, 9.17) is 4.74 Å². The number of hydrogen-bond acceptors (Lipinski definition) is 8. The number of ether oxygens (including phenoxy) is 1. The highest BCUT2D eigenvalue weighted by Crippen LogP contribution is 2.35.